The summed E-state index contributed by atoms with van der Waals surface area (Å²) in [6, 6.07) is 0.248. The second-order valence-electron chi connectivity index (χ2n) is 6.20. The van der Waals surface area contributed by atoms with Gasteiger partial charge in [-0.05, 0) is 19.3 Å². The number of carbonyl (C=O) groups is 1. The van der Waals surface area contributed by atoms with Crippen molar-refractivity contribution in [3.8, 4) is 0 Å². The summed E-state index contributed by atoms with van der Waals surface area (Å²) >= 11 is 2.05. The van der Waals surface area contributed by atoms with E-state index >= 15 is 0 Å². The first kappa shape index (κ1) is 19.1. The zero-order valence-corrected chi connectivity index (χ0v) is 15.5. The average molecular weight is 329 g/mol. The Morgan fingerprint density at radius 3 is 2.73 bits per heavy atom. The van der Waals surface area contributed by atoms with Crippen molar-refractivity contribution < 1.29 is 4.79 Å². The molecule has 1 fully saturated rings. The number of carbonyl (C=O) groups excluding carboxylic acids is 1. The van der Waals surface area contributed by atoms with Crippen molar-refractivity contribution in [3.05, 3.63) is 0 Å². The molecular weight excluding hydrogens is 296 g/mol. The van der Waals surface area contributed by atoms with Crippen LogP contribution >= 0.6 is 11.8 Å². The van der Waals surface area contributed by atoms with Crippen LogP contribution in [0.3, 0.4) is 0 Å². The lowest BCUT2D eigenvalue weighted by molar-refractivity contribution is -0.121. The molecule has 0 aromatic carbocycles. The van der Waals surface area contributed by atoms with Crippen LogP contribution in [0.1, 0.15) is 40.5 Å². The second-order valence-corrected chi connectivity index (χ2v) is 7.55. The average Bonchev–Trinajstić information content (AvgIpc) is 2.51. The zero-order valence-electron chi connectivity index (χ0n) is 14.7. The summed E-state index contributed by atoms with van der Waals surface area (Å²) in [6.07, 6.45) is 1.45. The first-order valence-corrected chi connectivity index (χ1v) is 9.39. The molecule has 0 spiro atoms. The van der Waals surface area contributed by atoms with Gasteiger partial charge in [0.15, 0.2) is 5.96 Å². The minimum Gasteiger partial charge on any atom is -0.356 e. The number of hydrogen-bond donors (Lipinski definition) is 2. The molecule has 6 heteroatoms. The molecule has 0 radical (unpaired) electrons. The molecule has 5 nitrogen and oxygen atoms in total. The molecule has 1 aliphatic heterocycles. The lowest BCUT2D eigenvalue weighted by atomic mass is 10.1. The number of rotatable bonds is 6. The van der Waals surface area contributed by atoms with Crippen molar-refractivity contribution in [1.29, 1.82) is 0 Å². The predicted molar refractivity (Wildman–Crippen MR) is 96.5 cm³/mol. The third kappa shape index (κ3) is 6.46. The first-order chi connectivity index (χ1) is 10.5. The summed E-state index contributed by atoms with van der Waals surface area (Å²) in [7, 11) is 1.81. The lowest BCUT2D eigenvalue weighted by Crippen LogP contribution is -2.49. The summed E-state index contributed by atoms with van der Waals surface area (Å²) in [5.74, 6) is 2.83. The first-order valence-electron chi connectivity index (χ1n) is 8.34. The van der Waals surface area contributed by atoms with Crippen LogP contribution in [0.4, 0.5) is 0 Å². The highest BCUT2D eigenvalue weighted by Crippen LogP contribution is 2.24. The fourth-order valence-electron chi connectivity index (χ4n) is 2.34. The van der Waals surface area contributed by atoms with Gasteiger partial charge in [-0.2, -0.15) is 11.8 Å². The van der Waals surface area contributed by atoms with Gasteiger partial charge in [0.1, 0.15) is 0 Å². The molecule has 0 aliphatic carbocycles. The van der Waals surface area contributed by atoms with E-state index in [1.54, 1.807) is 0 Å². The summed E-state index contributed by atoms with van der Waals surface area (Å²) in [4.78, 5) is 18.5. The Kier molecular flexibility index (Phi) is 8.68. The molecule has 2 N–H and O–H groups in total. The maximum Gasteiger partial charge on any atom is 0.221 e. The Labute approximate surface area is 139 Å². The highest BCUT2D eigenvalue weighted by molar-refractivity contribution is 8.00. The highest BCUT2D eigenvalue weighted by atomic mass is 32.2. The molecule has 1 saturated heterocycles. The van der Waals surface area contributed by atoms with Crippen LogP contribution in [0.15, 0.2) is 4.99 Å². The Balaban J connectivity index is 2.38. The van der Waals surface area contributed by atoms with E-state index in [1.165, 1.54) is 0 Å². The van der Waals surface area contributed by atoms with Crippen LogP contribution in [0.5, 0.6) is 0 Å². The fraction of sp³-hybridized carbons (Fsp3) is 0.875. The van der Waals surface area contributed by atoms with E-state index in [0.717, 1.165) is 31.2 Å². The SMILES string of the molecule is CCC(C)NC(=O)CCNC(=NC)N1CCSC(C(C)C)C1. The quantitative estimate of drug-likeness (QED) is 0.578. The standard InChI is InChI=1S/C16H32N4OS/c1-6-13(4)19-15(21)7-8-18-16(17-5)20-9-10-22-14(11-20)12(2)3/h12-14H,6-11H2,1-5H3,(H,17,18)(H,19,21). The number of thioether (sulfide) groups is 1. The topological polar surface area (TPSA) is 56.7 Å². The molecule has 0 aromatic heterocycles. The van der Waals surface area contributed by atoms with Gasteiger partial charge in [-0.15, -0.1) is 0 Å². The molecule has 0 bridgehead atoms. The van der Waals surface area contributed by atoms with E-state index in [1.807, 2.05) is 14.0 Å². The van der Waals surface area contributed by atoms with E-state index in [0.29, 0.717) is 24.1 Å². The van der Waals surface area contributed by atoms with Gasteiger partial charge in [-0.1, -0.05) is 20.8 Å². The summed E-state index contributed by atoms with van der Waals surface area (Å²) < 4.78 is 0. The summed E-state index contributed by atoms with van der Waals surface area (Å²) in [5.41, 5.74) is 0. The second kappa shape index (κ2) is 9.98. The van der Waals surface area contributed by atoms with Gasteiger partial charge in [-0.3, -0.25) is 9.79 Å². The number of hydrogen-bond acceptors (Lipinski definition) is 3. The summed E-state index contributed by atoms with van der Waals surface area (Å²) in [6.45, 7) is 11.3. The number of aliphatic imine (C=N–C) groups is 1. The Morgan fingerprint density at radius 1 is 1.41 bits per heavy atom. The smallest absolute Gasteiger partial charge is 0.221 e. The normalized spacial score (nSPS) is 20.9. The molecule has 2 atom stereocenters. The number of nitrogens with zero attached hydrogens (tertiary/aromatic N) is 2. The van der Waals surface area contributed by atoms with Gasteiger partial charge in [0.05, 0.1) is 0 Å². The van der Waals surface area contributed by atoms with Crippen LogP contribution in [0.2, 0.25) is 0 Å². The van der Waals surface area contributed by atoms with Crippen molar-refractivity contribution in [2.24, 2.45) is 10.9 Å². The third-order valence-corrected chi connectivity index (χ3v) is 5.54. The molecule has 1 amide bonds. The van der Waals surface area contributed by atoms with Crippen LogP contribution in [0.25, 0.3) is 0 Å². The zero-order chi connectivity index (χ0) is 16.5. The van der Waals surface area contributed by atoms with Crippen LogP contribution < -0.4 is 10.6 Å². The van der Waals surface area contributed by atoms with Gasteiger partial charge >= 0.3 is 0 Å². The van der Waals surface area contributed by atoms with Gasteiger partial charge in [0, 0.05) is 50.1 Å². The molecule has 128 valence electrons. The molecule has 22 heavy (non-hydrogen) atoms. The Hall–Kier alpha value is -0.910. The maximum atomic E-state index is 11.8. The molecule has 1 aliphatic rings. The van der Waals surface area contributed by atoms with Crippen molar-refractivity contribution in [2.45, 2.75) is 51.8 Å². The lowest BCUT2D eigenvalue weighted by Gasteiger charge is -2.36. The van der Waals surface area contributed by atoms with E-state index in [9.17, 15) is 4.79 Å². The molecule has 1 rings (SSSR count). The molecule has 1 heterocycles. The van der Waals surface area contributed by atoms with E-state index in [-0.39, 0.29) is 11.9 Å². The van der Waals surface area contributed by atoms with E-state index < -0.39 is 0 Å². The van der Waals surface area contributed by atoms with Crippen LogP contribution in [-0.2, 0) is 4.79 Å². The minimum absolute atomic E-state index is 0.103. The van der Waals surface area contributed by atoms with Gasteiger partial charge in [0.2, 0.25) is 5.91 Å². The van der Waals surface area contributed by atoms with Gasteiger partial charge < -0.3 is 15.5 Å². The van der Waals surface area contributed by atoms with Crippen molar-refractivity contribution >= 4 is 23.6 Å². The van der Waals surface area contributed by atoms with Gasteiger partial charge in [-0.25, -0.2) is 0 Å². The fourth-order valence-corrected chi connectivity index (χ4v) is 3.64. The predicted octanol–water partition coefficient (Wildman–Crippen LogP) is 1.94. The monoisotopic (exact) mass is 328 g/mol. The number of guanidine groups is 1. The van der Waals surface area contributed by atoms with Crippen molar-refractivity contribution in [3.63, 3.8) is 0 Å². The number of amides is 1. The van der Waals surface area contributed by atoms with Crippen LogP contribution in [-0.4, -0.2) is 60.5 Å². The molecule has 0 saturated carbocycles. The molecular formula is C16H32N4OS. The van der Waals surface area contributed by atoms with Crippen molar-refractivity contribution in [1.82, 2.24) is 15.5 Å². The number of nitrogens with one attached hydrogen (secondary N) is 2. The molecule has 0 aromatic rings. The van der Waals surface area contributed by atoms with E-state index in [4.69, 9.17) is 0 Å². The van der Waals surface area contributed by atoms with Crippen LogP contribution in [0, 0.1) is 5.92 Å². The van der Waals surface area contributed by atoms with Crippen molar-refractivity contribution in [2.75, 3.05) is 32.4 Å². The Bertz CT molecular complexity index is 373. The van der Waals surface area contributed by atoms with E-state index in [2.05, 4.69) is 53.1 Å². The highest BCUT2D eigenvalue weighted by Gasteiger charge is 2.24. The largest absolute Gasteiger partial charge is 0.356 e. The summed E-state index contributed by atoms with van der Waals surface area (Å²) in [5, 5.41) is 6.97. The maximum absolute atomic E-state index is 11.8. The Morgan fingerprint density at radius 2 is 2.14 bits per heavy atom. The van der Waals surface area contributed by atoms with Gasteiger partial charge in [0.25, 0.3) is 0 Å². The molecule has 2 unspecified atom stereocenters. The minimum atomic E-state index is 0.103. The third-order valence-electron chi connectivity index (χ3n) is 4.00.